The fourth-order valence-electron chi connectivity index (χ4n) is 1.18. The third kappa shape index (κ3) is 1.47. The largest absolute Gasteiger partial charge is 0.0792 e. The minimum Gasteiger partial charge on any atom is -0.0792 e. The predicted octanol–water partition coefficient (Wildman–Crippen LogP) is 1.08. The zero-order valence-corrected chi connectivity index (χ0v) is 8.09. The number of hydrogen-bond acceptors (Lipinski definition) is 0. The smallest absolute Gasteiger partial charge is 0.0408 e. The molecule has 2 radical (unpaired) electrons. The van der Waals surface area contributed by atoms with Gasteiger partial charge in [0, 0.05) is 11.1 Å². The van der Waals surface area contributed by atoms with Gasteiger partial charge in [-0.1, -0.05) is 29.6 Å². The van der Waals surface area contributed by atoms with Gasteiger partial charge >= 0.3 is 0 Å². The summed E-state index contributed by atoms with van der Waals surface area (Å²) in [5, 5.41) is 1.25. The highest BCUT2D eigenvalue weighted by molar-refractivity contribution is 6.58. The van der Waals surface area contributed by atoms with Gasteiger partial charge < -0.3 is 0 Å². The Balaban J connectivity index is 3.24. The van der Waals surface area contributed by atoms with E-state index in [2.05, 4.69) is 18.4 Å². The molecular formula is C11H8Si. The molecule has 0 saturated carbocycles. The normalized spacial score (nSPS) is 19.1. The van der Waals surface area contributed by atoms with Crippen LogP contribution in [0.25, 0.3) is 0 Å². The van der Waals surface area contributed by atoms with Crippen molar-refractivity contribution in [2.24, 2.45) is 0 Å². The second-order valence-electron chi connectivity index (χ2n) is 2.46. The lowest BCUT2D eigenvalue weighted by Gasteiger charge is -2.10. The highest BCUT2D eigenvalue weighted by Crippen LogP contribution is 2.14. The van der Waals surface area contributed by atoms with Crippen LogP contribution in [0.1, 0.15) is 6.42 Å². The molecule has 0 saturated heterocycles. The predicted molar refractivity (Wildman–Crippen MR) is 53.1 cm³/mol. The van der Waals surface area contributed by atoms with E-state index in [4.69, 9.17) is 12.8 Å². The van der Waals surface area contributed by atoms with Crippen molar-refractivity contribution in [1.29, 1.82) is 0 Å². The van der Waals surface area contributed by atoms with E-state index in [1.165, 1.54) is 5.17 Å². The van der Waals surface area contributed by atoms with Gasteiger partial charge in [0.15, 0.2) is 0 Å². The molecule has 0 amide bonds. The van der Waals surface area contributed by atoms with Crippen molar-refractivity contribution in [2.45, 2.75) is 13.0 Å². The molecule has 1 rings (SSSR count). The minimum atomic E-state index is 0.228. The van der Waals surface area contributed by atoms with E-state index in [1.807, 2.05) is 12.2 Å². The van der Waals surface area contributed by atoms with Gasteiger partial charge in [0.05, 0.1) is 0 Å². The topological polar surface area (TPSA) is 0 Å². The SMILES string of the molecule is [C]#CC1=C(C#[C])C(=[SiH]C)CC=C1. The first-order chi connectivity index (χ1) is 5.83. The molecule has 1 aliphatic rings. The maximum absolute atomic E-state index is 7.09. The molecule has 56 valence electrons. The van der Waals surface area contributed by atoms with Crippen LogP contribution in [0.5, 0.6) is 0 Å². The standard InChI is InChI=1S/C11H8Si/c1-4-9-7-6-8-11(12-3)10(9)5-2/h6-7,12H,8H2,3H3. The molecule has 0 heterocycles. The average molecular weight is 168 g/mol. The quantitative estimate of drug-likeness (QED) is 0.375. The van der Waals surface area contributed by atoms with Crippen LogP contribution < -0.4 is 0 Å². The van der Waals surface area contributed by atoms with Crippen LogP contribution in [0.2, 0.25) is 6.55 Å². The summed E-state index contributed by atoms with van der Waals surface area (Å²) >= 11 is 0. The van der Waals surface area contributed by atoms with Gasteiger partial charge in [-0.2, -0.15) is 0 Å². The summed E-state index contributed by atoms with van der Waals surface area (Å²) in [6, 6.07) is 0. The third-order valence-electron chi connectivity index (χ3n) is 1.82. The van der Waals surface area contributed by atoms with Gasteiger partial charge in [-0.3, -0.25) is 0 Å². The van der Waals surface area contributed by atoms with Crippen LogP contribution >= 0.6 is 0 Å². The van der Waals surface area contributed by atoms with Crippen molar-refractivity contribution < 1.29 is 0 Å². The van der Waals surface area contributed by atoms with E-state index in [-0.39, 0.29) is 9.13 Å². The van der Waals surface area contributed by atoms with Crippen LogP contribution in [0.4, 0.5) is 0 Å². The van der Waals surface area contributed by atoms with E-state index >= 15 is 0 Å². The number of rotatable bonds is 0. The Morgan fingerprint density at radius 3 is 2.67 bits per heavy atom. The third-order valence-corrected chi connectivity index (χ3v) is 3.04. The van der Waals surface area contributed by atoms with Crippen LogP contribution in [0.15, 0.2) is 23.3 Å². The molecule has 0 spiro atoms. The van der Waals surface area contributed by atoms with Crippen molar-refractivity contribution in [3.05, 3.63) is 36.1 Å². The van der Waals surface area contributed by atoms with E-state index in [0.29, 0.717) is 5.57 Å². The van der Waals surface area contributed by atoms with Gasteiger partial charge in [-0.25, -0.2) is 0 Å². The van der Waals surface area contributed by atoms with Crippen molar-refractivity contribution in [1.82, 2.24) is 0 Å². The van der Waals surface area contributed by atoms with Crippen LogP contribution in [0.3, 0.4) is 0 Å². The highest BCUT2D eigenvalue weighted by atomic mass is 28.2. The molecule has 0 unspecified atom stereocenters. The van der Waals surface area contributed by atoms with E-state index in [1.54, 1.807) is 0 Å². The molecule has 0 atom stereocenters. The first-order valence-electron chi connectivity index (χ1n) is 3.75. The summed E-state index contributed by atoms with van der Waals surface area (Å²) in [5.74, 6) is 4.71. The molecule has 0 N–H and O–H groups in total. The highest BCUT2D eigenvalue weighted by Gasteiger charge is 2.08. The monoisotopic (exact) mass is 168 g/mol. The second kappa shape index (κ2) is 3.90. The van der Waals surface area contributed by atoms with Crippen LogP contribution in [0, 0.1) is 24.7 Å². The van der Waals surface area contributed by atoms with E-state index in [9.17, 15) is 0 Å². The Morgan fingerprint density at radius 2 is 2.17 bits per heavy atom. The Morgan fingerprint density at radius 1 is 1.42 bits per heavy atom. The Bertz CT molecular complexity index is 353. The minimum absolute atomic E-state index is 0.228. The number of allylic oxidation sites excluding steroid dienone is 4. The van der Waals surface area contributed by atoms with Gasteiger partial charge in [-0.15, -0.1) is 0 Å². The van der Waals surface area contributed by atoms with E-state index < -0.39 is 0 Å². The molecule has 0 bridgehead atoms. The van der Waals surface area contributed by atoms with Crippen molar-refractivity contribution in [2.75, 3.05) is 0 Å². The second-order valence-corrected chi connectivity index (χ2v) is 3.73. The zero-order chi connectivity index (χ0) is 8.97. The maximum atomic E-state index is 7.09. The zero-order valence-electron chi connectivity index (χ0n) is 6.94. The molecule has 0 aromatic heterocycles. The van der Waals surface area contributed by atoms with Crippen molar-refractivity contribution in [3.63, 3.8) is 0 Å². The summed E-state index contributed by atoms with van der Waals surface area (Å²) in [7, 11) is 0.228. The lowest BCUT2D eigenvalue weighted by atomic mass is 9.98. The van der Waals surface area contributed by atoms with Gasteiger partial charge in [0.25, 0.3) is 0 Å². The summed E-state index contributed by atoms with van der Waals surface area (Å²) < 4.78 is 0. The molecule has 0 aliphatic heterocycles. The average Bonchev–Trinajstić information content (AvgIpc) is 2.16. The molecule has 0 aromatic carbocycles. The summed E-state index contributed by atoms with van der Waals surface area (Å²) in [5.41, 5.74) is 1.48. The molecule has 1 heteroatoms. The van der Waals surface area contributed by atoms with Crippen molar-refractivity contribution >= 4 is 14.3 Å². The fourth-order valence-corrected chi connectivity index (χ4v) is 2.06. The van der Waals surface area contributed by atoms with Gasteiger partial charge in [-0.05, 0) is 34.5 Å². The summed E-state index contributed by atoms with van der Waals surface area (Å²) in [6.45, 7) is 2.13. The molecule has 1 aliphatic carbocycles. The lowest BCUT2D eigenvalue weighted by Crippen LogP contribution is -2.09. The molecular weight excluding hydrogens is 160 g/mol. The maximum Gasteiger partial charge on any atom is 0.0408 e. The Labute approximate surface area is 75.8 Å². The van der Waals surface area contributed by atoms with Gasteiger partial charge in [0.2, 0.25) is 0 Å². The molecule has 0 fully saturated rings. The van der Waals surface area contributed by atoms with Crippen LogP contribution in [-0.2, 0) is 0 Å². The fraction of sp³-hybridized carbons (Fsp3) is 0.182. The summed E-state index contributed by atoms with van der Waals surface area (Å²) in [4.78, 5) is 0. The van der Waals surface area contributed by atoms with Crippen LogP contribution in [-0.4, -0.2) is 14.3 Å². The molecule has 12 heavy (non-hydrogen) atoms. The summed E-state index contributed by atoms with van der Waals surface area (Å²) in [6.07, 6.45) is 18.9. The first-order valence-corrected chi connectivity index (χ1v) is 5.48. The van der Waals surface area contributed by atoms with Crippen molar-refractivity contribution in [3.8, 4) is 11.8 Å². The number of hydrogen-bond donors (Lipinski definition) is 0. The Kier molecular flexibility index (Phi) is 2.86. The Hall–Kier alpha value is -1.31. The van der Waals surface area contributed by atoms with Gasteiger partial charge in [0.1, 0.15) is 0 Å². The van der Waals surface area contributed by atoms with E-state index in [0.717, 1.165) is 12.0 Å². The molecule has 0 aromatic rings. The molecule has 0 nitrogen and oxygen atoms in total. The lowest BCUT2D eigenvalue weighted by molar-refractivity contribution is 1.44. The first kappa shape index (κ1) is 8.78.